The van der Waals surface area contributed by atoms with E-state index in [4.69, 9.17) is 5.11 Å². The fourth-order valence-electron chi connectivity index (χ4n) is 3.07. The zero-order chi connectivity index (χ0) is 16.9. The average Bonchev–Trinajstić information content (AvgIpc) is 2.65. The van der Waals surface area contributed by atoms with Crippen LogP contribution in [0.1, 0.15) is 51.4 Å². The number of unbranched alkanes of at least 4 members (excludes halogenated alkanes) is 7. The third-order valence-electron chi connectivity index (χ3n) is 4.43. The van der Waals surface area contributed by atoms with Crippen molar-refractivity contribution in [2.24, 2.45) is 0 Å². The number of benzene rings is 2. The monoisotopic (exact) mass is 342 g/mol. The third-order valence-corrected chi connectivity index (χ3v) is 7.03. The summed E-state index contributed by atoms with van der Waals surface area (Å²) in [5.41, 5.74) is 0. The SMILES string of the molecule is OCCCCCCCCCCP(c1ccccc1)c1ccccc1. The Balaban J connectivity index is 1.74. The molecule has 1 nitrogen and oxygen atoms in total. The van der Waals surface area contributed by atoms with Gasteiger partial charge in [-0.05, 0) is 37.5 Å². The highest BCUT2D eigenvalue weighted by Gasteiger charge is 2.12. The first kappa shape index (κ1) is 19.2. The van der Waals surface area contributed by atoms with Crippen LogP contribution >= 0.6 is 7.92 Å². The maximum atomic E-state index is 8.78. The normalized spacial score (nSPS) is 11.1. The molecule has 0 heterocycles. The molecule has 0 aromatic heterocycles. The van der Waals surface area contributed by atoms with Crippen LogP contribution in [-0.4, -0.2) is 17.9 Å². The lowest BCUT2D eigenvalue weighted by Gasteiger charge is -2.18. The van der Waals surface area contributed by atoms with Crippen molar-refractivity contribution >= 4 is 18.5 Å². The van der Waals surface area contributed by atoms with Crippen molar-refractivity contribution in [3.63, 3.8) is 0 Å². The fraction of sp³-hybridized carbons (Fsp3) is 0.455. The van der Waals surface area contributed by atoms with Gasteiger partial charge in [0.05, 0.1) is 0 Å². The number of aliphatic hydroxyl groups excluding tert-OH is 1. The number of hydrogen-bond acceptors (Lipinski definition) is 1. The lowest BCUT2D eigenvalue weighted by molar-refractivity contribution is 0.282. The Kier molecular flexibility index (Phi) is 9.76. The van der Waals surface area contributed by atoms with Crippen LogP contribution in [0.15, 0.2) is 60.7 Å². The van der Waals surface area contributed by atoms with Crippen molar-refractivity contribution in [3.05, 3.63) is 60.7 Å². The second-order valence-electron chi connectivity index (χ2n) is 6.37. The topological polar surface area (TPSA) is 20.2 Å². The highest BCUT2D eigenvalue weighted by molar-refractivity contribution is 7.73. The van der Waals surface area contributed by atoms with E-state index in [0.717, 1.165) is 6.42 Å². The molecule has 0 saturated carbocycles. The van der Waals surface area contributed by atoms with Gasteiger partial charge in [0.1, 0.15) is 0 Å². The van der Waals surface area contributed by atoms with E-state index in [0.29, 0.717) is 6.61 Å². The van der Waals surface area contributed by atoms with Crippen LogP contribution in [0, 0.1) is 0 Å². The summed E-state index contributed by atoms with van der Waals surface area (Å²) in [4.78, 5) is 0. The smallest absolute Gasteiger partial charge is 0.0431 e. The summed E-state index contributed by atoms with van der Waals surface area (Å²) in [7, 11) is -0.211. The summed E-state index contributed by atoms with van der Waals surface area (Å²) >= 11 is 0. The van der Waals surface area contributed by atoms with E-state index in [2.05, 4.69) is 60.7 Å². The third kappa shape index (κ3) is 7.16. The molecule has 0 radical (unpaired) electrons. The quantitative estimate of drug-likeness (QED) is 0.413. The first-order valence-corrected chi connectivity index (χ1v) is 10.9. The van der Waals surface area contributed by atoms with E-state index < -0.39 is 0 Å². The van der Waals surface area contributed by atoms with E-state index >= 15 is 0 Å². The lowest BCUT2D eigenvalue weighted by Crippen LogP contribution is -2.13. The van der Waals surface area contributed by atoms with Crippen LogP contribution in [0.4, 0.5) is 0 Å². The van der Waals surface area contributed by atoms with Gasteiger partial charge in [0.25, 0.3) is 0 Å². The van der Waals surface area contributed by atoms with Gasteiger partial charge in [-0.15, -0.1) is 0 Å². The molecular weight excluding hydrogens is 311 g/mol. The van der Waals surface area contributed by atoms with E-state index in [9.17, 15) is 0 Å². The molecule has 0 unspecified atom stereocenters. The van der Waals surface area contributed by atoms with Gasteiger partial charge in [-0.2, -0.15) is 0 Å². The highest BCUT2D eigenvalue weighted by atomic mass is 31.1. The van der Waals surface area contributed by atoms with Crippen molar-refractivity contribution in [2.75, 3.05) is 12.8 Å². The molecule has 0 aliphatic rings. The number of hydrogen-bond donors (Lipinski definition) is 1. The van der Waals surface area contributed by atoms with Crippen LogP contribution in [0.25, 0.3) is 0 Å². The van der Waals surface area contributed by atoms with Crippen LogP contribution in [0.5, 0.6) is 0 Å². The predicted octanol–water partition coefficient (Wildman–Crippen LogP) is 5.23. The minimum absolute atomic E-state index is 0.211. The molecule has 0 atom stereocenters. The van der Waals surface area contributed by atoms with Gasteiger partial charge in [0.2, 0.25) is 0 Å². The molecule has 1 N–H and O–H groups in total. The molecule has 0 aliphatic heterocycles. The molecule has 2 aromatic rings. The van der Waals surface area contributed by atoms with Crippen LogP contribution in [-0.2, 0) is 0 Å². The molecule has 2 heteroatoms. The van der Waals surface area contributed by atoms with Crippen LogP contribution in [0.2, 0.25) is 0 Å². The number of aliphatic hydroxyl groups is 1. The second kappa shape index (κ2) is 12.2. The van der Waals surface area contributed by atoms with Crippen LogP contribution in [0.3, 0.4) is 0 Å². The van der Waals surface area contributed by atoms with Crippen molar-refractivity contribution in [1.82, 2.24) is 0 Å². The van der Waals surface area contributed by atoms with Gasteiger partial charge < -0.3 is 5.11 Å². The molecular formula is C22H31OP. The molecule has 0 aliphatic carbocycles. The molecule has 0 fully saturated rings. The average molecular weight is 342 g/mol. The van der Waals surface area contributed by atoms with E-state index in [1.165, 1.54) is 61.7 Å². The Morgan fingerprint density at radius 2 is 0.958 bits per heavy atom. The fourth-order valence-corrected chi connectivity index (χ4v) is 5.48. The minimum Gasteiger partial charge on any atom is -0.396 e. The van der Waals surface area contributed by atoms with Gasteiger partial charge in [0, 0.05) is 6.61 Å². The molecule has 24 heavy (non-hydrogen) atoms. The molecule has 0 bridgehead atoms. The van der Waals surface area contributed by atoms with Crippen molar-refractivity contribution in [3.8, 4) is 0 Å². The summed E-state index contributed by atoms with van der Waals surface area (Å²) in [5.74, 6) is 0. The second-order valence-corrected chi connectivity index (χ2v) is 8.71. The molecule has 2 aromatic carbocycles. The number of rotatable bonds is 12. The standard InChI is InChI=1S/C22H31OP/c23-19-13-5-3-1-2-4-6-14-20-24(21-15-9-7-10-16-21)22-17-11-8-12-18-22/h7-12,15-18,23H,1-6,13-14,19-20H2. The first-order valence-electron chi connectivity index (χ1n) is 9.40. The van der Waals surface area contributed by atoms with Gasteiger partial charge in [-0.1, -0.05) is 99.2 Å². The Bertz CT molecular complexity index is 487. The van der Waals surface area contributed by atoms with Crippen molar-refractivity contribution in [2.45, 2.75) is 51.4 Å². The summed E-state index contributed by atoms with van der Waals surface area (Å²) in [6.07, 6.45) is 11.4. The van der Waals surface area contributed by atoms with Crippen LogP contribution < -0.4 is 10.6 Å². The van der Waals surface area contributed by atoms with E-state index in [-0.39, 0.29) is 7.92 Å². The molecule has 0 spiro atoms. The molecule has 130 valence electrons. The Morgan fingerprint density at radius 3 is 1.42 bits per heavy atom. The molecule has 2 rings (SSSR count). The Morgan fingerprint density at radius 1 is 0.542 bits per heavy atom. The van der Waals surface area contributed by atoms with Gasteiger partial charge >= 0.3 is 0 Å². The maximum absolute atomic E-state index is 8.78. The zero-order valence-corrected chi connectivity index (χ0v) is 15.6. The summed E-state index contributed by atoms with van der Waals surface area (Å²) in [6.45, 7) is 0.350. The Labute approximate surface area is 148 Å². The maximum Gasteiger partial charge on any atom is 0.0431 e. The van der Waals surface area contributed by atoms with Gasteiger partial charge in [0.15, 0.2) is 0 Å². The lowest BCUT2D eigenvalue weighted by atomic mass is 10.1. The largest absolute Gasteiger partial charge is 0.396 e. The van der Waals surface area contributed by atoms with Gasteiger partial charge in [-0.25, -0.2) is 0 Å². The van der Waals surface area contributed by atoms with E-state index in [1.54, 1.807) is 0 Å². The summed E-state index contributed by atoms with van der Waals surface area (Å²) in [6, 6.07) is 22.1. The summed E-state index contributed by atoms with van der Waals surface area (Å²) in [5, 5.41) is 11.8. The molecule has 0 amide bonds. The highest BCUT2D eigenvalue weighted by Crippen LogP contribution is 2.34. The minimum atomic E-state index is -0.211. The Hall–Kier alpha value is -1.17. The van der Waals surface area contributed by atoms with Crippen molar-refractivity contribution in [1.29, 1.82) is 0 Å². The zero-order valence-electron chi connectivity index (χ0n) is 14.7. The molecule has 0 saturated heterocycles. The van der Waals surface area contributed by atoms with Crippen molar-refractivity contribution < 1.29 is 5.11 Å². The summed E-state index contributed by atoms with van der Waals surface area (Å²) < 4.78 is 0. The van der Waals surface area contributed by atoms with E-state index in [1.807, 2.05) is 0 Å². The first-order chi connectivity index (χ1) is 11.9. The van der Waals surface area contributed by atoms with Gasteiger partial charge in [-0.3, -0.25) is 0 Å². The predicted molar refractivity (Wildman–Crippen MR) is 108 cm³/mol.